The van der Waals surface area contributed by atoms with Crippen molar-refractivity contribution < 1.29 is 9.21 Å². The molecule has 5 nitrogen and oxygen atoms in total. The minimum Gasteiger partial charge on any atom is -0.467 e. The molecule has 2 aromatic carbocycles. The number of hydrogen-bond acceptors (Lipinski definition) is 3. The second-order valence-electron chi connectivity index (χ2n) is 8.10. The molecule has 31 heavy (non-hydrogen) atoms. The van der Waals surface area contributed by atoms with Crippen LogP contribution in [0, 0.1) is 0 Å². The van der Waals surface area contributed by atoms with Gasteiger partial charge in [-0.25, -0.2) is 0 Å². The zero-order valence-corrected chi connectivity index (χ0v) is 18.1. The number of hydrogen-bond donors (Lipinski definition) is 1. The third-order valence-corrected chi connectivity index (χ3v) is 6.06. The van der Waals surface area contributed by atoms with E-state index in [-0.39, 0.29) is 11.9 Å². The van der Waals surface area contributed by atoms with Gasteiger partial charge in [-0.1, -0.05) is 61.8 Å². The summed E-state index contributed by atoms with van der Waals surface area (Å²) in [4.78, 5) is 15.2. The number of benzene rings is 2. The molecule has 5 rings (SSSR count). The molecule has 1 unspecified atom stereocenters. The van der Waals surface area contributed by atoms with Crippen molar-refractivity contribution in [3.63, 3.8) is 0 Å². The van der Waals surface area contributed by atoms with E-state index in [0.717, 1.165) is 28.1 Å². The van der Waals surface area contributed by atoms with E-state index < -0.39 is 0 Å². The van der Waals surface area contributed by atoms with Crippen molar-refractivity contribution in [2.75, 3.05) is 0 Å². The number of carbonyl (C=O) groups excluding carboxylic acids is 1. The number of H-pyrrole nitrogens is 1. The lowest BCUT2D eigenvalue weighted by atomic mass is 9.94. The number of aromatic amines is 1. The van der Waals surface area contributed by atoms with Gasteiger partial charge in [0.2, 0.25) is 0 Å². The third kappa shape index (κ3) is 3.45. The molecule has 2 aromatic heterocycles. The fourth-order valence-electron chi connectivity index (χ4n) is 4.17. The Morgan fingerprint density at radius 2 is 1.84 bits per heavy atom. The maximum absolute atomic E-state index is 13.4. The highest BCUT2D eigenvalue weighted by molar-refractivity contribution is 6.30. The number of rotatable bonds is 5. The summed E-state index contributed by atoms with van der Waals surface area (Å²) in [5.41, 5.74) is 5.39. The lowest BCUT2D eigenvalue weighted by Gasteiger charge is -2.26. The lowest BCUT2D eigenvalue weighted by Crippen LogP contribution is -2.29. The van der Waals surface area contributed by atoms with Crippen molar-refractivity contribution in [1.82, 2.24) is 15.1 Å². The molecule has 1 aliphatic rings. The molecule has 0 fully saturated rings. The van der Waals surface area contributed by atoms with Crippen molar-refractivity contribution in [3.05, 3.63) is 100 Å². The summed E-state index contributed by atoms with van der Waals surface area (Å²) in [7, 11) is 0. The summed E-state index contributed by atoms with van der Waals surface area (Å²) in [5.74, 6) is 1.09. The fourth-order valence-corrected chi connectivity index (χ4v) is 4.29. The van der Waals surface area contributed by atoms with Gasteiger partial charge >= 0.3 is 0 Å². The minimum absolute atomic E-state index is 0.0861. The van der Waals surface area contributed by atoms with Crippen LogP contribution in [0.4, 0.5) is 0 Å². The molecule has 1 amide bonds. The average molecular weight is 432 g/mol. The highest BCUT2D eigenvalue weighted by Crippen LogP contribution is 2.43. The molecular formula is C25H22ClN3O2. The maximum atomic E-state index is 13.4. The molecule has 1 atom stereocenters. The van der Waals surface area contributed by atoms with Crippen LogP contribution < -0.4 is 0 Å². The standard InChI is InChI=1S/C25H22ClN3O2/c1-15(2)16-5-7-18(8-6-16)24-21-22(17-9-11-19(26)12-10-17)27-28-23(21)25(30)29(24)14-20-4-3-13-31-20/h3-13,15,24H,14H2,1-2H3,(H,27,28). The predicted molar refractivity (Wildman–Crippen MR) is 120 cm³/mol. The zero-order chi connectivity index (χ0) is 21.5. The Bertz CT molecular complexity index is 1210. The van der Waals surface area contributed by atoms with Crippen LogP contribution in [0.3, 0.4) is 0 Å². The van der Waals surface area contributed by atoms with Gasteiger partial charge in [-0.3, -0.25) is 9.89 Å². The summed E-state index contributed by atoms with van der Waals surface area (Å²) >= 11 is 6.08. The van der Waals surface area contributed by atoms with E-state index in [4.69, 9.17) is 16.0 Å². The Morgan fingerprint density at radius 1 is 1.10 bits per heavy atom. The van der Waals surface area contributed by atoms with Crippen LogP contribution in [0.15, 0.2) is 71.3 Å². The monoisotopic (exact) mass is 431 g/mol. The van der Waals surface area contributed by atoms with E-state index in [9.17, 15) is 4.79 Å². The van der Waals surface area contributed by atoms with Crippen molar-refractivity contribution in [2.45, 2.75) is 32.4 Å². The summed E-state index contributed by atoms with van der Waals surface area (Å²) in [6.45, 7) is 4.72. The van der Waals surface area contributed by atoms with Crippen LogP contribution in [0.5, 0.6) is 0 Å². The van der Waals surface area contributed by atoms with Gasteiger partial charge in [-0.2, -0.15) is 5.10 Å². The molecule has 3 heterocycles. The highest BCUT2D eigenvalue weighted by Gasteiger charge is 2.42. The molecule has 1 N–H and O–H groups in total. The minimum atomic E-state index is -0.266. The number of halogens is 1. The smallest absolute Gasteiger partial charge is 0.273 e. The second kappa shape index (κ2) is 7.75. The fraction of sp³-hybridized carbons (Fsp3) is 0.200. The maximum Gasteiger partial charge on any atom is 0.273 e. The lowest BCUT2D eigenvalue weighted by molar-refractivity contribution is 0.0717. The molecule has 1 aliphatic heterocycles. The molecule has 0 aliphatic carbocycles. The Kier molecular flexibility index (Phi) is 4.91. The molecule has 0 saturated carbocycles. The van der Waals surface area contributed by atoms with Gasteiger partial charge in [0.1, 0.15) is 11.5 Å². The normalized spacial score (nSPS) is 15.7. The molecule has 6 heteroatoms. The van der Waals surface area contributed by atoms with Crippen molar-refractivity contribution in [2.24, 2.45) is 0 Å². The van der Waals surface area contributed by atoms with E-state index in [1.807, 2.05) is 41.3 Å². The van der Waals surface area contributed by atoms with Crippen LogP contribution >= 0.6 is 11.6 Å². The van der Waals surface area contributed by atoms with Crippen LogP contribution in [0.2, 0.25) is 5.02 Å². The number of nitrogens with one attached hydrogen (secondary N) is 1. The topological polar surface area (TPSA) is 62.1 Å². The average Bonchev–Trinajstić information content (AvgIpc) is 3.49. The van der Waals surface area contributed by atoms with Gasteiger partial charge in [0, 0.05) is 16.1 Å². The van der Waals surface area contributed by atoms with E-state index in [2.05, 4.69) is 48.3 Å². The number of amides is 1. The number of furan rings is 1. The van der Waals surface area contributed by atoms with Crippen molar-refractivity contribution in [1.29, 1.82) is 0 Å². The molecule has 156 valence electrons. The second-order valence-corrected chi connectivity index (χ2v) is 8.54. The number of nitrogens with zero attached hydrogens (tertiary/aromatic N) is 2. The molecule has 0 bridgehead atoms. The van der Waals surface area contributed by atoms with Gasteiger partial charge in [-0.15, -0.1) is 0 Å². The number of carbonyl (C=O) groups is 1. The van der Waals surface area contributed by atoms with Crippen LogP contribution in [0.1, 0.15) is 58.7 Å². The first-order valence-corrected chi connectivity index (χ1v) is 10.7. The van der Waals surface area contributed by atoms with Crippen molar-refractivity contribution in [3.8, 4) is 11.3 Å². The summed E-state index contributed by atoms with van der Waals surface area (Å²) in [5, 5.41) is 8.14. The molecule has 0 saturated heterocycles. The number of fused-ring (bicyclic) bond motifs is 1. The van der Waals surface area contributed by atoms with Gasteiger partial charge < -0.3 is 9.32 Å². The van der Waals surface area contributed by atoms with E-state index in [1.165, 1.54) is 5.56 Å². The van der Waals surface area contributed by atoms with Crippen LogP contribution in [-0.2, 0) is 6.54 Å². The SMILES string of the molecule is CC(C)c1ccc(C2c3c(-c4ccc(Cl)cc4)n[nH]c3C(=O)N2Cc2ccco2)cc1. The Morgan fingerprint density at radius 3 is 2.48 bits per heavy atom. The summed E-state index contributed by atoms with van der Waals surface area (Å²) in [6, 6.07) is 19.5. The summed E-state index contributed by atoms with van der Waals surface area (Å²) in [6.07, 6.45) is 1.63. The molecule has 4 aromatic rings. The molecule has 0 radical (unpaired) electrons. The predicted octanol–water partition coefficient (Wildman–Crippen LogP) is 6.19. The first kappa shape index (κ1) is 19.6. The van der Waals surface area contributed by atoms with Gasteiger partial charge in [-0.05, 0) is 41.3 Å². The zero-order valence-electron chi connectivity index (χ0n) is 17.3. The van der Waals surface area contributed by atoms with E-state index in [1.54, 1.807) is 6.26 Å². The highest BCUT2D eigenvalue weighted by atomic mass is 35.5. The number of aromatic nitrogens is 2. The van der Waals surface area contributed by atoms with Crippen LogP contribution in [-0.4, -0.2) is 21.0 Å². The summed E-state index contributed by atoms with van der Waals surface area (Å²) < 4.78 is 5.55. The largest absolute Gasteiger partial charge is 0.467 e. The molecule has 0 spiro atoms. The van der Waals surface area contributed by atoms with Gasteiger partial charge in [0.25, 0.3) is 5.91 Å². The Labute approximate surface area is 185 Å². The molecular weight excluding hydrogens is 410 g/mol. The van der Waals surface area contributed by atoms with Crippen LogP contribution in [0.25, 0.3) is 11.3 Å². The van der Waals surface area contributed by atoms with E-state index in [0.29, 0.717) is 23.2 Å². The van der Waals surface area contributed by atoms with Crippen molar-refractivity contribution >= 4 is 17.5 Å². The van der Waals surface area contributed by atoms with E-state index >= 15 is 0 Å². The van der Waals surface area contributed by atoms with Gasteiger partial charge in [0.15, 0.2) is 0 Å². The third-order valence-electron chi connectivity index (χ3n) is 5.81. The first-order chi connectivity index (χ1) is 15.0. The quantitative estimate of drug-likeness (QED) is 0.409. The first-order valence-electron chi connectivity index (χ1n) is 10.3. The Hall–Kier alpha value is -3.31. The Balaban J connectivity index is 1.63. The van der Waals surface area contributed by atoms with Gasteiger partial charge in [0.05, 0.1) is 24.5 Å².